The molecule has 0 saturated carbocycles. The van der Waals surface area contributed by atoms with Crippen LogP contribution in [0.2, 0.25) is 0 Å². The van der Waals surface area contributed by atoms with Gasteiger partial charge >= 0.3 is 12.4 Å². The quantitative estimate of drug-likeness (QED) is 0.425. The van der Waals surface area contributed by atoms with Crippen LogP contribution in [0.1, 0.15) is 11.1 Å². The van der Waals surface area contributed by atoms with Crippen molar-refractivity contribution in [3.63, 3.8) is 0 Å². The smallest absolute Gasteiger partial charge is 0.362 e. The van der Waals surface area contributed by atoms with Crippen molar-refractivity contribution >= 4 is 22.9 Å². The van der Waals surface area contributed by atoms with Crippen molar-refractivity contribution in [1.29, 1.82) is 0 Å². The van der Waals surface area contributed by atoms with Crippen LogP contribution in [0.15, 0.2) is 73.1 Å². The fourth-order valence-electron chi connectivity index (χ4n) is 2.29. The number of alkyl halides is 6. The highest BCUT2D eigenvalue weighted by Crippen LogP contribution is 2.19. The summed E-state index contributed by atoms with van der Waals surface area (Å²) in [6, 6.07) is 13.5. The van der Waals surface area contributed by atoms with E-state index in [9.17, 15) is 35.9 Å². The van der Waals surface area contributed by atoms with Gasteiger partial charge < -0.3 is 10.6 Å². The molecule has 31 heavy (non-hydrogen) atoms. The normalized spacial score (nSPS) is 12.3. The van der Waals surface area contributed by atoms with Crippen molar-refractivity contribution in [2.24, 2.45) is 0 Å². The van der Waals surface area contributed by atoms with Crippen molar-refractivity contribution in [2.45, 2.75) is 18.8 Å². The van der Waals surface area contributed by atoms with Gasteiger partial charge in [-0.2, -0.15) is 26.3 Å². The zero-order valence-electron chi connectivity index (χ0n) is 15.7. The van der Waals surface area contributed by atoms with Crippen LogP contribution in [0.25, 0.3) is 0 Å². The highest BCUT2D eigenvalue weighted by Gasteiger charge is 2.36. The van der Waals surface area contributed by atoms with E-state index in [0.717, 1.165) is 23.5 Å². The lowest BCUT2D eigenvalue weighted by atomic mass is 10.0. The molecule has 0 bridgehead atoms. The highest BCUT2D eigenvalue weighted by atomic mass is 19.4. The molecule has 4 nitrogen and oxygen atoms in total. The topological polar surface area (TPSA) is 58.2 Å². The van der Waals surface area contributed by atoms with E-state index in [-0.39, 0.29) is 0 Å². The monoisotopic (exact) mass is 442 g/mol. The number of halogens is 6. The lowest BCUT2D eigenvalue weighted by Gasteiger charge is -2.06. The summed E-state index contributed by atoms with van der Waals surface area (Å²) in [6.07, 6.45) is -6.67. The molecule has 0 radical (unpaired) electrons. The second-order valence-electron chi connectivity index (χ2n) is 6.25. The molecule has 10 heteroatoms. The van der Waals surface area contributed by atoms with Gasteiger partial charge in [-0.15, -0.1) is 0 Å². The molecule has 0 fully saturated rings. The SMILES string of the molecule is O=C(C=CNc1ccc(Cc2ccc(NC=CC(=O)C(F)(F)F)cc2)cc1)C(F)(F)F. The molecule has 0 aliphatic rings. The summed E-state index contributed by atoms with van der Waals surface area (Å²) < 4.78 is 72.6. The van der Waals surface area contributed by atoms with Crippen LogP contribution in [0.3, 0.4) is 0 Å². The van der Waals surface area contributed by atoms with E-state index in [1.54, 1.807) is 48.5 Å². The summed E-state index contributed by atoms with van der Waals surface area (Å²) >= 11 is 0. The Hall–Kier alpha value is -3.56. The fraction of sp³-hybridized carbons (Fsp3) is 0.143. The van der Waals surface area contributed by atoms with E-state index in [1.165, 1.54) is 0 Å². The molecule has 0 heterocycles. The molecule has 0 aliphatic carbocycles. The largest absolute Gasteiger partial charge is 0.454 e. The first-order valence-electron chi connectivity index (χ1n) is 8.71. The Bertz CT molecular complexity index is 880. The van der Waals surface area contributed by atoms with Gasteiger partial charge in [0.1, 0.15) is 0 Å². The zero-order valence-corrected chi connectivity index (χ0v) is 15.7. The van der Waals surface area contributed by atoms with Gasteiger partial charge in [0.05, 0.1) is 0 Å². The van der Waals surface area contributed by atoms with E-state index in [2.05, 4.69) is 10.6 Å². The predicted molar refractivity (Wildman–Crippen MR) is 103 cm³/mol. The zero-order chi connectivity index (χ0) is 23.1. The van der Waals surface area contributed by atoms with Gasteiger partial charge in [0.15, 0.2) is 0 Å². The van der Waals surface area contributed by atoms with E-state index >= 15 is 0 Å². The van der Waals surface area contributed by atoms with Crippen LogP contribution in [-0.4, -0.2) is 23.9 Å². The summed E-state index contributed by atoms with van der Waals surface area (Å²) in [5, 5.41) is 5.14. The summed E-state index contributed by atoms with van der Waals surface area (Å²) in [7, 11) is 0. The standard InChI is InChI=1S/C21H16F6N2O2/c22-20(23,24)18(30)9-11-28-16-5-1-14(2-6-16)13-15-3-7-17(8-4-15)29-12-10-19(31)21(25,26)27/h1-12,28-29H,13H2. The maximum atomic E-state index is 12.1. The van der Waals surface area contributed by atoms with Crippen molar-refractivity contribution in [2.75, 3.05) is 10.6 Å². The molecule has 0 aromatic heterocycles. The second-order valence-corrected chi connectivity index (χ2v) is 6.25. The van der Waals surface area contributed by atoms with Gasteiger partial charge in [0.25, 0.3) is 11.6 Å². The molecule has 0 atom stereocenters. The molecule has 2 aromatic carbocycles. The van der Waals surface area contributed by atoms with E-state index in [4.69, 9.17) is 0 Å². The Morgan fingerprint density at radius 3 is 1.26 bits per heavy atom. The molecular formula is C21H16F6N2O2. The minimum absolute atomic E-state index is 0.401. The van der Waals surface area contributed by atoms with Crippen LogP contribution in [0.5, 0.6) is 0 Å². The molecule has 0 spiro atoms. The first-order chi connectivity index (χ1) is 14.4. The Morgan fingerprint density at radius 1 is 0.645 bits per heavy atom. The lowest BCUT2D eigenvalue weighted by molar-refractivity contribution is -0.165. The number of carbonyl (C=O) groups is 2. The Kier molecular flexibility index (Phi) is 7.62. The number of allylic oxidation sites excluding steroid dienone is 2. The van der Waals surface area contributed by atoms with Gasteiger partial charge in [0.2, 0.25) is 0 Å². The molecule has 164 valence electrons. The van der Waals surface area contributed by atoms with Crippen LogP contribution in [0, 0.1) is 0 Å². The minimum Gasteiger partial charge on any atom is -0.362 e. The average molecular weight is 442 g/mol. The second kappa shape index (κ2) is 9.96. The average Bonchev–Trinajstić information content (AvgIpc) is 2.69. The Morgan fingerprint density at radius 2 is 0.968 bits per heavy atom. The highest BCUT2D eigenvalue weighted by molar-refractivity contribution is 5.95. The fourth-order valence-corrected chi connectivity index (χ4v) is 2.29. The van der Waals surface area contributed by atoms with Crippen LogP contribution in [-0.2, 0) is 16.0 Å². The number of carbonyl (C=O) groups excluding carboxylic acids is 2. The molecule has 2 N–H and O–H groups in total. The molecule has 2 aromatic rings. The minimum atomic E-state index is -4.91. The van der Waals surface area contributed by atoms with Gasteiger partial charge in [-0.25, -0.2) is 0 Å². The first kappa shape index (κ1) is 23.7. The van der Waals surface area contributed by atoms with E-state index < -0.39 is 23.9 Å². The van der Waals surface area contributed by atoms with Crippen LogP contribution < -0.4 is 10.6 Å². The number of anilines is 2. The predicted octanol–water partition coefficient (Wildman–Crippen LogP) is 5.39. The van der Waals surface area contributed by atoms with Gasteiger partial charge in [0, 0.05) is 35.9 Å². The molecule has 0 unspecified atom stereocenters. The maximum absolute atomic E-state index is 12.1. The van der Waals surface area contributed by atoms with Crippen molar-refractivity contribution in [1.82, 2.24) is 0 Å². The number of benzene rings is 2. The number of hydrogen-bond donors (Lipinski definition) is 2. The van der Waals surface area contributed by atoms with Crippen LogP contribution in [0.4, 0.5) is 37.7 Å². The van der Waals surface area contributed by atoms with Gasteiger partial charge in [-0.1, -0.05) is 24.3 Å². The molecule has 0 amide bonds. The van der Waals surface area contributed by atoms with E-state index in [0.29, 0.717) is 29.9 Å². The van der Waals surface area contributed by atoms with Crippen LogP contribution >= 0.6 is 0 Å². The van der Waals surface area contributed by atoms with Gasteiger partial charge in [-0.3, -0.25) is 9.59 Å². The van der Waals surface area contributed by atoms with Crippen molar-refractivity contribution < 1.29 is 35.9 Å². The summed E-state index contributed by atoms with van der Waals surface area (Å²) in [5.74, 6) is -3.92. The van der Waals surface area contributed by atoms with E-state index in [1.807, 2.05) is 0 Å². The third kappa shape index (κ3) is 8.00. The summed E-state index contributed by atoms with van der Waals surface area (Å²) in [5.41, 5.74) is 2.79. The number of ketones is 2. The molecule has 0 saturated heterocycles. The first-order valence-corrected chi connectivity index (χ1v) is 8.71. The third-order valence-electron chi connectivity index (χ3n) is 3.84. The molecule has 0 aliphatic heterocycles. The van der Waals surface area contributed by atoms with Crippen molar-refractivity contribution in [3.05, 3.63) is 84.2 Å². The molecule has 2 rings (SSSR count). The number of rotatable bonds is 8. The lowest BCUT2D eigenvalue weighted by Crippen LogP contribution is -2.20. The maximum Gasteiger partial charge on any atom is 0.454 e. The van der Waals surface area contributed by atoms with Crippen molar-refractivity contribution in [3.8, 4) is 0 Å². The Balaban J connectivity index is 1.88. The summed E-state index contributed by atoms with van der Waals surface area (Å²) in [6.45, 7) is 0. The van der Waals surface area contributed by atoms with Gasteiger partial charge in [-0.05, 0) is 41.8 Å². The molecular weight excluding hydrogens is 426 g/mol. The Labute approximate surface area is 173 Å². The number of hydrogen-bond acceptors (Lipinski definition) is 4. The third-order valence-corrected chi connectivity index (χ3v) is 3.84. The summed E-state index contributed by atoms with van der Waals surface area (Å²) in [4.78, 5) is 21.5. The number of nitrogens with one attached hydrogen (secondary N) is 2.